The molecule has 4 rings (SSSR count). The Morgan fingerprint density at radius 2 is 1.96 bits per heavy atom. The van der Waals surface area contributed by atoms with Crippen LogP contribution in [0.1, 0.15) is 18.2 Å². The summed E-state index contributed by atoms with van der Waals surface area (Å²) in [6.45, 7) is 9.04. The lowest BCUT2D eigenvalue weighted by atomic mass is 10.1. The van der Waals surface area contributed by atoms with Crippen LogP contribution in [0.2, 0.25) is 0 Å². The van der Waals surface area contributed by atoms with Gasteiger partial charge in [-0.3, -0.25) is 4.79 Å². The van der Waals surface area contributed by atoms with E-state index >= 15 is 0 Å². The number of fused-ring (bicyclic) bond motifs is 1. The second-order valence-corrected chi connectivity index (χ2v) is 7.31. The predicted molar refractivity (Wildman–Crippen MR) is 97.0 cm³/mol. The van der Waals surface area contributed by atoms with Crippen LogP contribution >= 0.6 is 0 Å². The van der Waals surface area contributed by atoms with Gasteiger partial charge >= 0.3 is 0 Å². The van der Waals surface area contributed by atoms with E-state index in [1.807, 2.05) is 13.0 Å². The number of rotatable bonds is 5. The average Bonchev–Trinajstić information content (AvgIpc) is 3.30. The van der Waals surface area contributed by atoms with Crippen molar-refractivity contribution in [2.24, 2.45) is 0 Å². The Labute approximate surface area is 158 Å². The summed E-state index contributed by atoms with van der Waals surface area (Å²) >= 11 is 0. The molecule has 3 heterocycles. The highest BCUT2D eigenvalue weighted by Crippen LogP contribution is 2.32. The SMILES string of the molecule is Cc1cc(NC(=O)[C@H](C)[NH+]2CC[NH+](Cc3ccc4c(c3)OCO4)CC2)no1. The molecule has 0 aliphatic carbocycles. The first-order valence-corrected chi connectivity index (χ1v) is 9.39. The molecule has 2 aliphatic heterocycles. The van der Waals surface area contributed by atoms with Crippen LogP contribution in [0.3, 0.4) is 0 Å². The Morgan fingerprint density at radius 3 is 2.70 bits per heavy atom. The number of benzene rings is 1. The highest BCUT2D eigenvalue weighted by Gasteiger charge is 2.31. The number of hydrogen-bond donors (Lipinski definition) is 3. The van der Waals surface area contributed by atoms with Crippen LogP contribution in [0, 0.1) is 6.92 Å². The molecule has 1 aromatic heterocycles. The van der Waals surface area contributed by atoms with Crippen LogP contribution in [-0.2, 0) is 11.3 Å². The van der Waals surface area contributed by atoms with E-state index in [9.17, 15) is 4.79 Å². The summed E-state index contributed by atoms with van der Waals surface area (Å²) in [4.78, 5) is 15.3. The molecule has 1 aromatic carbocycles. The number of nitrogens with zero attached hydrogens (tertiary/aromatic N) is 1. The Hall–Kier alpha value is -2.58. The number of quaternary nitrogens is 2. The van der Waals surface area contributed by atoms with Gasteiger partial charge in [-0.15, -0.1) is 0 Å². The fourth-order valence-electron chi connectivity index (χ4n) is 3.72. The maximum Gasteiger partial charge on any atom is 0.283 e. The van der Waals surface area contributed by atoms with Crippen molar-refractivity contribution in [1.29, 1.82) is 0 Å². The summed E-state index contributed by atoms with van der Waals surface area (Å²) in [5, 5.41) is 6.66. The molecule has 1 fully saturated rings. The molecule has 144 valence electrons. The van der Waals surface area contributed by atoms with Gasteiger partial charge in [-0.1, -0.05) is 5.16 Å². The van der Waals surface area contributed by atoms with Crippen LogP contribution in [-0.4, -0.2) is 50.1 Å². The van der Waals surface area contributed by atoms with Gasteiger partial charge in [0.25, 0.3) is 5.91 Å². The lowest BCUT2D eigenvalue weighted by Crippen LogP contribution is -3.29. The first kappa shape index (κ1) is 17.8. The number of nitrogens with one attached hydrogen (secondary N) is 3. The summed E-state index contributed by atoms with van der Waals surface area (Å²) in [6, 6.07) is 7.78. The van der Waals surface area contributed by atoms with Crippen LogP contribution in [0.25, 0.3) is 0 Å². The Balaban J connectivity index is 1.27. The number of carbonyl (C=O) groups is 1. The van der Waals surface area contributed by atoms with E-state index in [0.29, 0.717) is 18.4 Å². The van der Waals surface area contributed by atoms with Crippen molar-refractivity contribution in [3.05, 3.63) is 35.6 Å². The zero-order valence-corrected chi connectivity index (χ0v) is 15.7. The first-order valence-electron chi connectivity index (χ1n) is 9.39. The monoisotopic (exact) mass is 374 g/mol. The van der Waals surface area contributed by atoms with Gasteiger partial charge in [0, 0.05) is 11.6 Å². The third-order valence-electron chi connectivity index (χ3n) is 5.38. The highest BCUT2D eigenvalue weighted by atomic mass is 16.7. The molecular weight excluding hydrogens is 348 g/mol. The van der Waals surface area contributed by atoms with Crippen molar-refractivity contribution < 1.29 is 28.6 Å². The van der Waals surface area contributed by atoms with Gasteiger partial charge in [0.1, 0.15) is 38.5 Å². The molecule has 1 saturated heterocycles. The van der Waals surface area contributed by atoms with Crippen LogP contribution in [0.15, 0.2) is 28.8 Å². The molecule has 1 amide bonds. The fraction of sp³-hybridized carbons (Fsp3) is 0.474. The van der Waals surface area contributed by atoms with E-state index in [1.54, 1.807) is 13.0 Å². The molecule has 0 spiro atoms. The van der Waals surface area contributed by atoms with Gasteiger partial charge in [-0.05, 0) is 32.0 Å². The van der Waals surface area contributed by atoms with Crippen molar-refractivity contribution in [3.63, 3.8) is 0 Å². The summed E-state index contributed by atoms with van der Waals surface area (Å²) in [7, 11) is 0. The average molecular weight is 374 g/mol. The van der Waals surface area contributed by atoms with Crippen LogP contribution in [0.5, 0.6) is 11.5 Å². The second-order valence-electron chi connectivity index (χ2n) is 7.31. The predicted octanol–water partition coefficient (Wildman–Crippen LogP) is -0.978. The largest absolute Gasteiger partial charge is 0.454 e. The highest BCUT2D eigenvalue weighted by molar-refractivity contribution is 5.92. The molecular formula is C19H26N4O4+2. The van der Waals surface area contributed by atoms with Gasteiger partial charge in [0.2, 0.25) is 6.79 Å². The van der Waals surface area contributed by atoms with E-state index in [-0.39, 0.29) is 11.9 Å². The van der Waals surface area contributed by atoms with Gasteiger partial charge in [-0.25, -0.2) is 0 Å². The third-order valence-corrected chi connectivity index (χ3v) is 5.38. The Bertz CT molecular complexity index is 814. The molecule has 0 radical (unpaired) electrons. The number of ether oxygens (including phenoxy) is 2. The van der Waals surface area contributed by atoms with Crippen molar-refractivity contribution in [1.82, 2.24) is 5.16 Å². The van der Waals surface area contributed by atoms with Crippen molar-refractivity contribution in [2.45, 2.75) is 26.4 Å². The molecule has 8 heteroatoms. The normalized spacial score (nSPS) is 22.4. The summed E-state index contributed by atoms with van der Waals surface area (Å²) in [6.07, 6.45) is 0. The molecule has 2 aromatic rings. The molecule has 0 unspecified atom stereocenters. The number of aromatic nitrogens is 1. The van der Waals surface area contributed by atoms with Gasteiger partial charge in [-0.2, -0.15) is 0 Å². The number of piperazine rings is 1. The molecule has 0 saturated carbocycles. The summed E-state index contributed by atoms with van der Waals surface area (Å²) in [5.74, 6) is 2.81. The smallest absolute Gasteiger partial charge is 0.283 e. The van der Waals surface area contributed by atoms with E-state index in [4.69, 9.17) is 14.0 Å². The van der Waals surface area contributed by atoms with E-state index in [2.05, 4.69) is 22.6 Å². The summed E-state index contributed by atoms with van der Waals surface area (Å²) in [5.41, 5.74) is 1.25. The lowest BCUT2D eigenvalue weighted by Gasteiger charge is -2.32. The molecule has 0 bridgehead atoms. The molecule has 1 atom stereocenters. The van der Waals surface area contributed by atoms with E-state index < -0.39 is 0 Å². The van der Waals surface area contributed by atoms with E-state index in [0.717, 1.165) is 44.2 Å². The van der Waals surface area contributed by atoms with Gasteiger partial charge in [0.05, 0.1) is 0 Å². The Morgan fingerprint density at radius 1 is 1.19 bits per heavy atom. The van der Waals surface area contributed by atoms with Crippen molar-refractivity contribution >= 4 is 11.7 Å². The minimum atomic E-state index is -0.117. The maximum absolute atomic E-state index is 12.5. The van der Waals surface area contributed by atoms with Crippen molar-refractivity contribution in [3.8, 4) is 11.5 Å². The number of hydrogen-bond acceptors (Lipinski definition) is 5. The quantitative estimate of drug-likeness (QED) is 0.627. The first-order chi connectivity index (χ1) is 13.1. The molecule has 8 nitrogen and oxygen atoms in total. The van der Waals surface area contributed by atoms with E-state index in [1.165, 1.54) is 15.4 Å². The standard InChI is InChI=1S/C19H24N4O4/c1-13-9-18(21-27-13)20-19(24)14(2)23-7-5-22(6-8-23)11-15-3-4-16-17(10-15)26-12-25-16/h3-4,9-10,14H,5-8,11-12H2,1-2H3,(H,20,21,24)/p+2/t14-/m0/s1. The van der Waals surface area contributed by atoms with Crippen LogP contribution < -0.4 is 24.6 Å². The number of aryl methyl sites for hydroxylation is 1. The Kier molecular flexibility index (Phi) is 5.00. The fourth-order valence-corrected chi connectivity index (χ4v) is 3.72. The van der Waals surface area contributed by atoms with Crippen molar-refractivity contribution in [2.75, 3.05) is 38.3 Å². The summed E-state index contributed by atoms with van der Waals surface area (Å²) < 4.78 is 15.8. The zero-order valence-electron chi connectivity index (χ0n) is 15.7. The second kappa shape index (κ2) is 7.58. The number of amides is 1. The minimum absolute atomic E-state index is 0.0162. The molecule has 2 aliphatic rings. The van der Waals surface area contributed by atoms with Gasteiger partial charge < -0.3 is 29.1 Å². The topological polar surface area (TPSA) is 82.5 Å². The number of anilines is 1. The lowest BCUT2D eigenvalue weighted by molar-refractivity contribution is -1.02. The van der Waals surface area contributed by atoms with Gasteiger partial charge in [0.15, 0.2) is 23.4 Å². The van der Waals surface area contributed by atoms with Crippen LogP contribution in [0.4, 0.5) is 5.82 Å². The molecule has 3 N–H and O–H groups in total. The molecule has 27 heavy (non-hydrogen) atoms. The third kappa shape index (κ3) is 4.06. The maximum atomic E-state index is 12.5. The minimum Gasteiger partial charge on any atom is -0.454 e. The number of carbonyl (C=O) groups excluding carboxylic acids is 1. The zero-order chi connectivity index (χ0) is 18.8.